The van der Waals surface area contributed by atoms with Gasteiger partial charge in [0.25, 0.3) is 0 Å². The Morgan fingerprint density at radius 1 is 1.06 bits per heavy atom. The highest BCUT2D eigenvalue weighted by Crippen LogP contribution is 2.28. The summed E-state index contributed by atoms with van der Waals surface area (Å²) in [5.41, 5.74) is 2.17. The maximum atomic E-state index is 12.2. The third-order valence-electron chi connectivity index (χ3n) is 3.23. The van der Waals surface area contributed by atoms with E-state index in [0.717, 1.165) is 16.9 Å². The fraction of sp³-hybridized carbons (Fsp3) is 0.188. The summed E-state index contributed by atoms with van der Waals surface area (Å²) in [6, 6.07) is 17.7. The number of hydrogen-bond acceptors (Lipinski definition) is 2. The van der Waals surface area contributed by atoms with Crippen molar-refractivity contribution in [2.75, 3.05) is 0 Å². The number of rotatable bonds is 3. The van der Waals surface area contributed by atoms with E-state index in [1.807, 2.05) is 54.6 Å². The van der Waals surface area contributed by atoms with Gasteiger partial charge >= 0.3 is 0 Å². The fourth-order valence-electron chi connectivity index (χ4n) is 2.27. The SMILES string of the molecule is O=C(Cc1ccccc1)C1Cc2ccccc2O1. The monoisotopic (exact) mass is 238 g/mol. The van der Waals surface area contributed by atoms with E-state index in [2.05, 4.69) is 0 Å². The van der Waals surface area contributed by atoms with Crippen molar-refractivity contribution >= 4 is 5.78 Å². The van der Waals surface area contributed by atoms with Gasteiger partial charge in [-0.3, -0.25) is 4.79 Å². The topological polar surface area (TPSA) is 26.3 Å². The van der Waals surface area contributed by atoms with Gasteiger partial charge in [0.1, 0.15) is 5.75 Å². The number of carbonyl (C=O) groups excluding carboxylic acids is 1. The lowest BCUT2D eigenvalue weighted by atomic mass is 10.0. The standard InChI is InChI=1S/C16H14O2/c17-14(10-12-6-2-1-3-7-12)16-11-13-8-4-5-9-15(13)18-16/h1-9,16H,10-11H2. The van der Waals surface area contributed by atoms with Crippen LogP contribution in [0.4, 0.5) is 0 Å². The Labute approximate surface area is 106 Å². The van der Waals surface area contributed by atoms with Gasteiger partial charge in [-0.15, -0.1) is 0 Å². The van der Waals surface area contributed by atoms with Crippen molar-refractivity contribution in [3.05, 3.63) is 65.7 Å². The van der Waals surface area contributed by atoms with Crippen LogP contribution in [-0.4, -0.2) is 11.9 Å². The lowest BCUT2D eigenvalue weighted by Crippen LogP contribution is -2.26. The Kier molecular flexibility index (Phi) is 2.85. The van der Waals surface area contributed by atoms with Crippen molar-refractivity contribution in [1.82, 2.24) is 0 Å². The zero-order valence-electron chi connectivity index (χ0n) is 10.0. The Morgan fingerprint density at radius 2 is 1.78 bits per heavy atom. The number of hydrogen-bond donors (Lipinski definition) is 0. The molecular weight excluding hydrogens is 224 g/mol. The van der Waals surface area contributed by atoms with Crippen LogP contribution in [0.25, 0.3) is 0 Å². The zero-order chi connectivity index (χ0) is 12.4. The molecule has 2 aromatic rings. The minimum Gasteiger partial charge on any atom is -0.482 e. The van der Waals surface area contributed by atoms with Crippen molar-refractivity contribution in [2.24, 2.45) is 0 Å². The molecule has 90 valence electrons. The van der Waals surface area contributed by atoms with E-state index in [4.69, 9.17) is 4.74 Å². The van der Waals surface area contributed by atoms with Gasteiger partial charge in [0, 0.05) is 12.8 Å². The molecule has 0 fully saturated rings. The van der Waals surface area contributed by atoms with Crippen LogP contribution in [0.5, 0.6) is 5.75 Å². The normalized spacial score (nSPS) is 17.0. The molecule has 1 aliphatic rings. The van der Waals surface area contributed by atoms with Crippen molar-refractivity contribution in [3.8, 4) is 5.75 Å². The molecule has 1 heterocycles. The van der Waals surface area contributed by atoms with Crippen LogP contribution in [-0.2, 0) is 17.6 Å². The van der Waals surface area contributed by atoms with Crippen LogP contribution in [0.1, 0.15) is 11.1 Å². The summed E-state index contributed by atoms with van der Waals surface area (Å²) in [7, 11) is 0. The molecule has 2 nitrogen and oxygen atoms in total. The third kappa shape index (κ3) is 2.14. The molecule has 0 aromatic heterocycles. The summed E-state index contributed by atoms with van der Waals surface area (Å²) in [5, 5.41) is 0. The van der Waals surface area contributed by atoms with E-state index >= 15 is 0 Å². The highest BCUT2D eigenvalue weighted by Gasteiger charge is 2.28. The van der Waals surface area contributed by atoms with E-state index in [1.165, 1.54) is 0 Å². The Hall–Kier alpha value is -2.09. The maximum absolute atomic E-state index is 12.2. The maximum Gasteiger partial charge on any atom is 0.177 e. The molecule has 0 N–H and O–H groups in total. The number of fused-ring (bicyclic) bond motifs is 1. The first-order valence-corrected chi connectivity index (χ1v) is 6.14. The number of Topliss-reactive ketones (excluding diaryl/α,β-unsaturated/α-hetero) is 1. The summed E-state index contributed by atoms with van der Waals surface area (Å²) >= 11 is 0. The number of para-hydroxylation sites is 1. The summed E-state index contributed by atoms with van der Waals surface area (Å²) in [6.07, 6.45) is 0.823. The first-order chi connectivity index (χ1) is 8.83. The molecular formula is C16H14O2. The molecule has 0 spiro atoms. The van der Waals surface area contributed by atoms with Gasteiger partial charge in [-0.05, 0) is 17.2 Å². The van der Waals surface area contributed by atoms with Crippen LogP contribution in [0.3, 0.4) is 0 Å². The van der Waals surface area contributed by atoms with E-state index in [0.29, 0.717) is 12.8 Å². The average molecular weight is 238 g/mol. The highest BCUT2D eigenvalue weighted by atomic mass is 16.5. The predicted octanol–water partition coefficient (Wildman–Crippen LogP) is 2.80. The molecule has 1 atom stereocenters. The summed E-state index contributed by atoms with van der Waals surface area (Å²) in [6.45, 7) is 0. The first kappa shape index (κ1) is 11.0. The second-order valence-electron chi connectivity index (χ2n) is 4.55. The van der Waals surface area contributed by atoms with Crippen LogP contribution in [0.15, 0.2) is 54.6 Å². The summed E-state index contributed by atoms with van der Waals surface area (Å²) in [4.78, 5) is 12.2. The van der Waals surface area contributed by atoms with Gasteiger partial charge in [0.05, 0.1) is 0 Å². The van der Waals surface area contributed by atoms with Crippen LogP contribution >= 0.6 is 0 Å². The van der Waals surface area contributed by atoms with Gasteiger partial charge in [-0.2, -0.15) is 0 Å². The van der Waals surface area contributed by atoms with Gasteiger partial charge in [0.2, 0.25) is 0 Å². The summed E-state index contributed by atoms with van der Waals surface area (Å²) < 4.78 is 5.69. The molecule has 0 aliphatic carbocycles. The van der Waals surface area contributed by atoms with Gasteiger partial charge < -0.3 is 4.74 Å². The van der Waals surface area contributed by atoms with Gasteiger partial charge in [-0.25, -0.2) is 0 Å². The quantitative estimate of drug-likeness (QED) is 0.822. The van der Waals surface area contributed by atoms with Crippen molar-refractivity contribution in [1.29, 1.82) is 0 Å². The molecule has 0 amide bonds. The highest BCUT2D eigenvalue weighted by molar-refractivity contribution is 5.86. The minimum atomic E-state index is -0.317. The van der Waals surface area contributed by atoms with Crippen LogP contribution < -0.4 is 4.74 Å². The first-order valence-electron chi connectivity index (χ1n) is 6.14. The minimum absolute atomic E-state index is 0.150. The van der Waals surface area contributed by atoms with Gasteiger partial charge in [-0.1, -0.05) is 48.5 Å². The largest absolute Gasteiger partial charge is 0.482 e. The smallest absolute Gasteiger partial charge is 0.177 e. The predicted molar refractivity (Wildman–Crippen MR) is 69.7 cm³/mol. The Balaban J connectivity index is 1.70. The Morgan fingerprint density at radius 3 is 2.56 bits per heavy atom. The van der Waals surface area contributed by atoms with E-state index < -0.39 is 0 Å². The van der Waals surface area contributed by atoms with Gasteiger partial charge in [0.15, 0.2) is 11.9 Å². The van der Waals surface area contributed by atoms with E-state index in [-0.39, 0.29) is 11.9 Å². The van der Waals surface area contributed by atoms with Crippen LogP contribution in [0.2, 0.25) is 0 Å². The zero-order valence-corrected chi connectivity index (χ0v) is 10.0. The van der Waals surface area contributed by atoms with Crippen molar-refractivity contribution in [3.63, 3.8) is 0 Å². The Bertz CT molecular complexity index is 535. The lowest BCUT2D eigenvalue weighted by Gasteiger charge is -2.09. The van der Waals surface area contributed by atoms with E-state index in [9.17, 15) is 4.79 Å². The molecule has 2 heteroatoms. The molecule has 0 saturated heterocycles. The second-order valence-corrected chi connectivity index (χ2v) is 4.55. The summed E-state index contributed by atoms with van der Waals surface area (Å²) in [5.74, 6) is 1.00. The molecule has 0 bridgehead atoms. The molecule has 1 unspecified atom stereocenters. The molecule has 0 radical (unpaired) electrons. The van der Waals surface area contributed by atoms with E-state index in [1.54, 1.807) is 0 Å². The van der Waals surface area contributed by atoms with Crippen LogP contribution in [0, 0.1) is 0 Å². The van der Waals surface area contributed by atoms with Crippen molar-refractivity contribution < 1.29 is 9.53 Å². The number of carbonyl (C=O) groups is 1. The second kappa shape index (κ2) is 4.65. The third-order valence-corrected chi connectivity index (χ3v) is 3.23. The average Bonchev–Trinajstić information content (AvgIpc) is 2.84. The lowest BCUT2D eigenvalue weighted by molar-refractivity contribution is -0.124. The number of benzene rings is 2. The number of ketones is 1. The molecule has 1 aliphatic heterocycles. The molecule has 2 aromatic carbocycles. The molecule has 18 heavy (non-hydrogen) atoms. The number of ether oxygens (including phenoxy) is 1. The fourth-order valence-corrected chi connectivity index (χ4v) is 2.27. The molecule has 3 rings (SSSR count). The molecule has 0 saturated carbocycles. The van der Waals surface area contributed by atoms with Crippen molar-refractivity contribution in [2.45, 2.75) is 18.9 Å².